The molecule has 2 heterocycles. The summed E-state index contributed by atoms with van der Waals surface area (Å²) in [6.45, 7) is 25.1. The molecule has 13 atom stereocenters. The number of carbonyl (C=O) groups is 11. The number of carbonyl (C=O) groups excluding carboxylic acids is 11. The molecule has 0 bridgehead atoms. The lowest BCUT2D eigenvalue weighted by Gasteiger charge is -2.41. The van der Waals surface area contributed by atoms with E-state index in [1.54, 1.807) is 60.6 Å². The van der Waals surface area contributed by atoms with Crippen molar-refractivity contribution in [2.45, 2.75) is 221 Å². The van der Waals surface area contributed by atoms with E-state index in [2.05, 4.69) is 21.3 Å². The Morgan fingerprint density at radius 2 is 0.965 bits per heavy atom. The maximum atomic E-state index is 15.2. The second kappa shape index (κ2) is 33.7. The first-order chi connectivity index (χ1) is 39.4. The molecule has 484 valence electrons. The maximum absolute atomic E-state index is 15.2. The minimum absolute atomic E-state index is 0.0111. The van der Waals surface area contributed by atoms with Gasteiger partial charge in [0.2, 0.25) is 65.0 Å². The van der Waals surface area contributed by atoms with Crippen LogP contribution in [0.2, 0.25) is 0 Å². The molecule has 0 spiro atoms. The normalized spacial score (nSPS) is 28.4. The van der Waals surface area contributed by atoms with E-state index in [-0.39, 0.29) is 56.4 Å². The predicted octanol–water partition coefficient (Wildman–Crippen LogP) is 1.75. The molecule has 6 N–H and O–H groups in total. The lowest BCUT2D eigenvalue weighted by molar-refractivity contribution is -0.157. The molecule has 0 radical (unpaired) electrons. The molecule has 24 nitrogen and oxygen atoms in total. The fraction of sp³-hybridized carbons (Fsp3) is 0.787. The van der Waals surface area contributed by atoms with Crippen LogP contribution in [0.1, 0.15) is 149 Å². The summed E-state index contributed by atoms with van der Waals surface area (Å²) in [5.74, 6) is -10.2. The van der Waals surface area contributed by atoms with Crippen LogP contribution in [0, 0.1) is 35.5 Å². The third-order valence-corrected chi connectivity index (χ3v) is 16.6. The van der Waals surface area contributed by atoms with Crippen molar-refractivity contribution in [2.24, 2.45) is 35.5 Å². The van der Waals surface area contributed by atoms with Gasteiger partial charge < -0.3 is 65.8 Å². The van der Waals surface area contributed by atoms with Crippen LogP contribution in [0.15, 0.2) is 12.2 Å². The molecular weight excluding hydrogens is 1090 g/mol. The Bertz CT molecular complexity index is 2360. The van der Waals surface area contributed by atoms with Gasteiger partial charge in [-0.15, -0.1) is 0 Å². The Morgan fingerprint density at radius 1 is 0.506 bits per heavy atom. The van der Waals surface area contributed by atoms with Crippen molar-refractivity contribution >= 4 is 65.0 Å². The van der Waals surface area contributed by atoms with Crippen molar-refractivity contribution in [2.75, 3.05) is 55.4 Å². The number of allylic oxidation sites excluding steroid dienone is 2. The van der Waals surface area contributed by atoms with Gasteiger partial charge in [-0.05, 0) is 101 Å². The zero-order valence-electron chi connectivity index (χ0n) is 54.9. The van der Waals surface area contributed by atoms with Crippen LogP contribution in [0.5, 0.6) is 0 Å². The Kier molecular flexibility index (Phi) is 29.7. The second-order valence-electron chi connectivity index (χ2n) is 25.6. The average Bonchev–Trinajstić information content (AvgIpc) is 2.62. The lowest BCUT2D eigenvalue weighted by atomic mass is 9.91. The predicted molar refractivity (Wildman–Crippen MR) is 323 cm³/mol. The number of aliphatic hydroxyl groups is 2. The summed E-state index contributed by atoms with van der Waals surface area (Å²) in [6.07, 6.45) is 3.31. The molecule has 0 unspecified atom stereocenters. The van der Waals surface area contributed by atoms with E-state index in [0.29, 0.717) is 12.8 Å². The van der Waals surface area contributed by atoms with Gasteiger partial charge in [0.1, 0.15) is 66.5 Å². The van der Waals surface area contributed by atoms with Gasteiger partial charge in [-0.3, -0.25) is 52.7 Å². The molecule has 2 aliphatic rings. The van der Waals surface area contributed by atoms with Gasteiger partial charge in [-0.1, -0.05) is 95.2 Å². The molecule has 0 aromatic carbocycles. The summed E-state index contributed by atoms with van der Waals surface area (Å²) in [4.78, 5) is 169. The number of rotatable bonds is 14. The molecule has 0 saturated carbocycles. The number of nitrogens with one attached hydrogen (secondary N) is 4. The van der Waals surface area contributed by atoms with Crippen molar-refractivity contribution in [1.82, 2.24) is 55.6 Å². The summed E-state index contributed by atoms with van der Waals surface area (Å²) < 4.78 is 0. The number of hydrogen-bond donors (Lipinski definition) is 6. The minimum Gasteiger partial charge on any atom is -0.394 e. The summed E-state index contributed by atoms with van der Waals surface area (Å²) in [6, 6.07) is -14.1. The van der Waals surface area contributed by atoms with Crippen molar-refractivity contribution < 1.29 is 63.0 Å². The van der Waals surface area contributed by atoms with Crippen LogP contribution in [-0.2, 0) is 52.7 Å². The first kappa shape index (κ1) is 74.9. The van der Waals surface area contributed by atoms with E-state index < -0.39 is 162 Å². The molecule has 85 heavy (non-hydrogen) atoms. The molecule has 0 aromatic heterocycles. The first-order valence-corrected chi connectivity index (χ1v) is 30.5. The molecule has 2 fully saturated rings. The van der Waals surface area contributed by atoms with Crippen LogP contribution in [0.4, 0.5) is 0 Å². The number of aliphatic hydroxyl groups excluding tert-OH is 2. The van der Waals surface area contributed by atoms with Crippen LogP contribution in [-0.4, -0.2) is 237 Å². The van der Waals surface area contributed by atoms with Crippen LogP contribution in [0.3, 0.4) is 0 Å². The average molecular weight is 1200 g/mol. The summed E-state index contributed by atoms with van der Waals surface area (Å²) in [5.41, 5.74) is 0. The quantitative estimate of drug-likeness (QED) is 0.135. The lowest BCUT2D eigenvalue weighted by Crippen LogP contribution is -2.64. The van der Waals surface area contributed by atoms with Crippen molar-refractivity contribution in [1.29, 1.82) is 0 Å². The van der Waals surface area contributed by atoms with Gasteiger partial charge in [-0.2, -0.15) is 0 Å². The molecule has 11 amide bonds. The van der Waals surface area contributed by atoms with E-state index >= 15 is 9.59 Å². The SMILES string of the molecule is C/C=C/C[C@@H](C)[C@@H](O)[C@H]1C(=O)N[C@@H](CC)C(=O)N2CCC[C@@H]2C(=O)N(C)[C@@H](CO)C(=O)N[C@@H](C(C)C)C(=O)N(C)[C@@H](CC(C)C)C(=O)N[C@@H](C)C(=O)N[C@H](C)C(=O)N(C)[C@@H](CC(C)C)C(=O)N(C)[C@@H](CC(C)C)C(=O)N(C)[C@@H](C(C)C)C(=O)N1C. The summed E-state index contributed by atoms with van der Waals surface area (Å²) in [7, 11) is 8.35. The fourth-order valence-corrected chi connectivity index (χ4v) is 11.2. The highest BCUT2D eigenvalue weighted by atomic mass is 16.3. The van der Waals surface area contributed by atoms with Crippen molar-refractivity contribution in [3.05, 3.63) is 12.2 Å². The number of likely N-dealkylation sites (N-methyl/N-ethyl adjacent to an activating group) is 6. The number of hydrogen-bond acceptors (Lipinski definition) is 13. The van der Waals surface area contributed by atoms with Gasteiger partial charge in [0, 0.05) is 48.8 Å². The molecule has 2 aliphatic heterocycles. The van der Waals surface area contributed by atoms with Gasteiger partial charge in [0.05, 0.1) is 12.7 Å². The van der Waals surface area contributed by atoms with Crippen LogP contribution < -0.4 is 21.3 Å². The van der Waals surface area contributed by atoms with Crippen LogP contribution >= 0.6 is 0 Å². The maximum Gasteiger partial charge on any atom is 0.246 e. The minimum atomic E-state index is -1.63. The molecule has 0 aromatic rings. The van der Waals surface area contributed by atoms with Gasteiger partial charge in [0.15, 0.2) is 0 Å². The largest absolute Gasteiger partial charge is 0.394 e. The summed E-state index contributed by atoms with van der Waals surface area (Å²) in [5, 5.41) is 33.6. The molecule has 2 saturated heterocycles. The Hall–Kier alpha value is -6.17. The van der Waals surface area contributed by atoms with E-state index in [0.717, 1.165) is 9.80 Å². The smallest absolute Gasteiger partial charge is 0.246 e. The fourth-order valence-electron chi connectivity index (χ4n) is 11.2. The highest BCUT2D eigenvalue weighted by Gasteiger charge is 2.47. The van der Waals surface area contributed by atoms with Crippen molar-refractivity contribution in [3.63, 3.8) is 0 Å². The monoisotopic (exact) mass is 1200 g/mol. The zero-order valence-corrected chi connectivity index (χ0v) is 54.9. The standard InChI is InChI=1S/C61H107N11O13/c1-22-24-26-38(13)50(74)49-54(78)64-41(23-2)56(80)72-28-25-27-42(72)57(81)69(19)46(32-73)53(77)65-47(36(9)10)60(84)66(16)43(29-33(3)4)52(76)62-39(14)51(75)63-40(15)55(79)67(17)44(30-34(5)6)58(82)68(18)45(31-35(7)8)59(83)70(20)48(37(11)12)61(85)71(49)21/h22,24,33-50,73-74H,23,25-32H2,1-21H3,(H,62,76)(H,63,75)(H,64,78)(H,65,77)/b24-22+/t38-,39+,40-,41+,42-,43+,44+,45+,46+,47+,48+,49+,50-/m1/s1. The molecular formula is C61H107N11O13. The van der Waals surface area contributed by atoms with Gasteiger partial charge >= 0.3 is 0 Å². The summed E-state index contributed by atoms with van der Waals surface area (Å²) >= 11 is 0. The topological polar surface area (TPSA) is 299 Å². The number of nitrogens with zero attached hydrogens (tertiary/aromatic N) is 7. The van der Waals surface area contributed by atoms with Gasteiger partial charge in [0.25, 0.3) is 0 Å². The number of amides is 11. The Balaban J connectivity index is 2.97. The molecule has 2 rings (SSSR count). The second-order valence-corrected chi connectivity index (χ2v) is 25.6. The van der Waals surface area contributed by atoms with Crippen LogP contribution in [0.25, 0.3) is 0 Å². The highest BCUT2D eigenvalue weighted by molar-refractivity contribution is 6.00. The molecule has 0 aliphatic carbocycles. The third-order valence-electron chi connectivity index (χ3n) is 16.6. The van der Waals surface area contributed by atoms with Crippen molar-refractivity contribution in [3.8, 4) is 0 Å². The molecule has 24 heteroatoms. The highest BCUT2D eigenvalue weighted by Crippen LogP contribution is 2.27. The van der Waals surface area contributed by atoms with E-state index in [9.17, 15) is 53.4 Å². The van der Waals surface area contributed by atoms with E-state index in [4.69, 9.17) is 0 Å². The van der Waals surface area contributed by atoms with Gasteiger partial charge in [-0.25, -0.2) is 0 Å². The van der Waals surface area contributed by atoms with E-state index in [1.807, 2.05) is 41.5 Å². The number of fused-ring (bicyclic) bond motifs is 1. The first-order valence-electron chi connectivity index (χ1n) is 30.5. The van der Waals surface area contributed by atoms with E-state index in [1.165, 1.54) is 80.6 Å². The third kappa shape index (κ3) is 19.4. The Labute approximate surface area is 506 Å². The Morgan fingerprint density at radius 3 is 1.45 bits per heavy atom. The zero-order chi connectivity index (χ0) is 65.4.